The highest BCUT2D eigenvalue weighted by Crippen LogP contribution is 2.40. The van der Waals surface area contributed by atoms with Crippen LogP contribution in [-0.2, 0) is 11.8 Å². The van der Waals surface area contributed by atoms with Gasteiger partial charge in [-0.3, -0.25) is 9.88 Å². The van der Waals surface area contributed by atoms with Crippen molar-refractivity contribution in [2.75, 3.05) is 25.6 Å². The summed E-state index contributed by atoms with van der Waals surface area (Å²) in [6, 6.07) is 6.77. The molecule has 3 amide bonds. The lowest BCUT2D eigenvalue weighted by molar-refractivity contribution is 0.0998. The Kier molecular flexibility index (Phi) is 8.85. The van der Waals surface area contributed by atoms with Crippen molar-refractivity contribution in [2.45, 2.75) is 32.9 Å². The fraction of sp³-hybridized carbons (Fsp3) is 0.333. The molecule has 3 aromatic heterocycles. The summed E-state index contributed by atoms with van der Waals surface area (Å²) < 4.78 is 28.4. The van der Waals surface area contributed by atoms with Crippen molar-refractivity contribution in [3.8, 4) is 22.2 Å². The number of benzene rings is 1. The van der Waals surface area contributed by atoms with Gasteiger partial charge < -0.3 is 29.8 Å². The first-order valence-electron chi connectivity index (χ1n) is 12.5. The third-order valence-electron chi connectivity index (χ3n) is 6.13. The number of halogens is 1. The number of hydrogen-bond acceptors (Lipinski definition) is 7. The minimum Gasteiger partial charge on any atom is -0.465 e. The quantitative estimate of drug-likeness (QED) is 0.218. The standard InChI is InChI=1S/C27H31FN6O5S/c1-15(2)31-26(35)32-17-6-7-21(18(28)12-17)39-22-8-9-29-19-13-23(40-24(19)22)25-30-14-20(33(25)4)16(3)34(27(36)37)10-11-38-5/h6-9,12-16H,10-11H2,1-5H3,(H,36,37)(H2,31,32,35). The molecule has 1 unspecified atom stereocenters. The molecule has 212 valence electrons. The van der Waals surface area contributed by atoms with Gasteiger partial charge in [-0.05, 0) is 39.0 Å². The highest BCUT2D eigenvalue weighted by Gasteiger charge is 2.25. The van der Waals surface area contributed by atoms with Crippen LogP contribution in [0.2, 0.25) is 0 Å². The maximum absolute atomic E-state index is 14.9. The Hall–Kier alpha value is -4.23. The first-order chi connectivity index (χ1) is 19.1. The van der Waals surface area contributed by atoms with E-state index in [1.54, 1.807) is 31.5 Å². The molecule has 3 N–H and O–H groups in total. The van der Waals surface area contributed by atoms with Crippen LogP contribution in [0.4, 0.5) is 19.7 Å². The Morgan fingerprint density at radius 3 is 2.62 bits per heavy atom. The van der Waals surface area contributed by atoms with Crippen molar-refractivity contribution in [2.24, 2.45) is 7.05 Å². The predicted octanol–water partition coefficient (Wildman–Crippen LogP) is 5.85. The molecule has 1 aromatic carbocycles. The largest absolute Gasteiger partial charge is 0.465 e. The molecular formula is C27H31FN6O5S. The van der Waals surface area contributed by atoms with Gasteiger partial charge in [0, 0.05) is 50.8 Å². The second-order valence-corrected chi connectivity index (χ2v) is 10.4. The predicted molar refractivity (Wildman–Crippen MR) is 151 cm³/mol. The van der Waals surface area contributed by atoms with Crippen LogP contribution in [-0.4, -0.2) is 63.0 Å². The molecule has 0 radical (unpaired) electrons. The highest BCUT2D eigenvalue weighted by molar-refractivity contribution is 7.22. The molecule has 0 saturated carbocycles. The van der Waals surface area contributed by atoms with Crippen LogP contribution >= 0.6 is 11.3 Å². The van der Waals surface area contributed by atoms with Crippen LogP contribution in [0.15, 0.2) is 42.7 Å². The van der Waals surface area contributed by atoms with Gasteiger partial charge in [0.25, 0.3) is 0 Å². The molecule has 13 heteroatoms. The molecule has 3 heterocycles. The van der Waals surface area contributed by atoms with Crippen molar-refractivity contribution < 1.29 is 28.6 Å². The Balaban J connectivity index is 1.58. The van der Waals surface area contributed by atoms with Gasteiger partial charge in [0.05, 0.1) is 39.6 Å². The molecular weight excluding hydrogens is 539 g/mol. The van der Waals surface area contributed by atoms with E-state index in [2.05, 4.69) is 20.6 Å². The molecule has 4 rings (SSSR count). The average Bonchev–Trinajstić information content (AvgIpc) is 3.49. The summed E-state index contributed by atoms with van der Waals surface area (Å²) in [7, 11) is 3.35. The molecule has 0 aliphatic rings. The first kappa shape index (κ1) is 28.8. The Morgan fingerprint density at radius 2 is 1.95 bits per heavy atom. The van der Waals surface area contributed by atoms with E-state index in [0.29, 0.717) is 33.2 Å². The number of methoxy groups -OCH3 is 1. The van der Waals surface area contributed by atoms with E-state index in [1.165, 1.54) is 35.5 Å². The fourth-order valence-electron chi connectivity index (χ4n) is 4.16. The lowest BCUT2D eigenvalue weighted by Crippen LogP contribution is -2.35. The van der Waals surface area contributed by atoms with E-state index in [9.17, 15) is 19.1 Å². The number of carboxylic acid groups (broad SMARTS) is 1. The number of hydrogen-bond donors (Lipinski definition) is 3. The highest BCUT2D eigenvalue weighted by atomic mass is 32.1. The van der Waals surface area contributed by atoms with Gasteiger partial charge in [0.1, 0.15) is 11.6 Å². The third kappa shape index (κ3) is 6.32. The molecule has 0 spiro atoms. The number of thiophene rings is 1. The molecule has 1 atom stereocenters. The summed E-state index contributed by atoms with van der Waals surface area (Å²) in [5, 5.41) is 14.9. The molecule has 0 fully saturated rings. The lowest BCUT2D eigenvalue weighted by atomic mass is 10.2. The first-order valence-corrected chi connectivity index (χ1v) is 13.3. The number of anilines is 1. The molecule has 11 nitrogen and oxygen atoms in total. The Bertz CT molecular complexity index is 1520. The summed E-state index contributed by atoms with van der Waals surface area (Å²) >= 11 is 1.38. The molecule has 0 saturated heterocycles. The number of nitrogens with zero attached hydrogens (tertiary/aromatic N) is 4. The number of carbonyl (C=O) groups excluding carboxylic acids is 1. The number of fused-ring (bicyclic) bond motifs is 1. The van der Waals surface area contributed by atoms with Gasteiger partial charge >= 0.3 is 12.1 Å². The van der Waals surface area contributed by atoms with Gasteiger partial charge in [-0.25, -0.2) is 19.0 Å². The molecule has 0 aliphatic heterocycles. The number of pyridine rings is 1. The monoisotopic (exact) mass is 570 g/mol. The van der Waals surface area contributed by atoms with Crippen molar-refractivity contribution in [3.05, 3.63) is 54.2 Å². The SMILES string of the molecule is COCCN(C(=O)O)C(C)c1cnc(-c2cc3nccc(Oc4ccc(NC(=O)NC(C)C)cc4F)c3s2)n1C. The van der Waals surface area contributed by atoms with E-state index < -0.39 is 24.0 Å². The number of carbonyl (C=O) groups is 2. The van der Waals surface area contributed by atoms with Gasteiger partial charge in [-0.15, -0.1) is 11.3 Å². The van der Waals surface area contributed by atoms with Crippen molar-refractivity contribution in [3.63, 3.8) is 0 Å². The third-order valence-corrected chi connectivity index (χ3v) is 7.26. The van der Waals surface area contributed by atoms with E-state index in [0.717, 1.165) is 4.88 Å². The van der Waals surface area contributed by atoms with Crippen LogP contribution in [0, 0.1) is 5.82 Å². The zero-order chi connectivity index (χ0) is 29.0. The zero-order valence-electron chi connectivity index (χ0n) is 22.8. The van der Waals surface area contributed by atoms with Gasteiger partial charge in [-0.2, -0.15) is 0 Å². The van der Waals surface area contributed by atoms with Crippen LogP contribution < -0.4 is 15.4 Å². The van der Waals surface area contributed by atoms with Crippen LogP contribution in [0.25, 0.3) is 20.9 Å². The molecule has 4 aromatic rings. The maximum atomic E-state index is 14.9. The number of aromatic nitrogens is 3. The maximum Gasteiger partial charge on any atom is 0.407 e. The zero-order valence-corrected chi connectivity index (χ0v) is 23.6. The number of urea groups is 1. The van der Waals surface area contributed by atoms with Crippen LogP contribution in [0.1, 0.15) is 32.5 Å². The average molecular weight is 571 g/mol. The second-order valence-electron chi connectivity index (χ2n) is 9.34. The summed E-state index contributed by atoms with van der Waals surface area (Å²) in [4.78, 5) is 34.8. The van der Waals surface area contributed by atoms with E-state index >= 15 is 0 Å². The number of rotatable bonds is 10. The van der Waals surface area contributed by atoms with E-state index in [4.69, 9.17) is 9.47 Å². The van der Waals surface area contributed by atoms with Crippen LogP contribution in [0.3, 0.4) is 0 Å². The topological polar surface area (TPSA) is 131 Å². The van der Waals surface area contributed by atoms with Crippen molar-refractivity contribution in [1.29, 1.82) is 0 Å². The van der Waals surface area contributed by atoms with Gasteiger partial charge in [0.2, 0.25) is 0 Å². The number of ether oxygens (including phenoxy) is 2. The number of nitrogens with one attached hydrogen (secondary N) is 2. The fourth-order valence-corrected chi connectivity index (χ4v) is 5.26. The summed E-state index contributed by atoms with van der Waals surface area (Å²) in [6.07, 6.45) is 2.18. The minimum absolute atomic E-state index is 0.00445. The van der Waals surface area contributed by atoms with Gasteiger partial charge in [-0.1, -0.05) is 0 Å². The molecule has 0 aliphatic carbocycles. The van der Waals surface area contributed by atoms with E-state index in [-0.39, 0.29) is 24.9 Å². The van der Waals surface area contributed by atoms with E-state index in [1.807, 2.05) is 31.5 Å². The lowest BCUT2D eigenvalue weighted by Gasteiger charge is -2.26. The Morgan fingerprint density at radius 1 is 1.18 bits per heavy atom. The normalized spacial score (nSPS) is 12.0. The van der Waals surface area contributed by atoms with Crippen molar-refractivity contribution >= 4 is 39.4 Å². The minimum atomic E-state index is -1.05. The second kappa shape index (κ2) is 12.3. The number of imidazole rings is 1. The smallest absolute Gasteiger partial charge is 0.407 e. The summed E-state index contributed by atoms with van der Waals surface area (Å²) in [5.41, 5.74) is 1.66. The molecule has 40 heavy (non-hydrogen) atoms. The number of amides is 3. The molecule has 0 bridgehead atoms. The summed E-state index contributed by atoms with van der Waals surface area (Å²) in [6.45, 7) is 5.95. The Labute approximate surface area is 234 Å². The summed E-state index contributed by atoms with van der Waals surface area (Å²) in [5.74, 6) is 0.408. The van der Waals surface area contributed by atoms with Gasteiger partial charge in [0.15, 0.2) is 11.6 Å². The van der Waals surface area contributed by atoms with Crippen molar-refractivity contribution in [1.82, 2.24) is 24.8 Å². The van der Waals surface area contributed by atoms with Crippen LogP contribution in [0.5, 0.6) is 11.5 Å².